The van der Waals surface area contributed by atoms with E-state index in [1.807, 2.05) is 13.0 Å². The minimum Gasteiger partial charge on any atom is -0.396 e. The minimum atomic E-state index is -0.137. The molecule has 0 radical (unpaired) electrons. The average Bonchev–Trinajstić information content (AvgIpc) is 2.45. The van der Waals surface area contributed by atoms with Crippen LogP contribution in [-0.4, -0.2) is 42.8 Å². The van der Waals surface area contributed by atoms with Gasteiger partial charge in [-0.1, -0.05) is 12.1 Å². The minimum absolute atomic E-state index is 0. The van der Waals surface area contributed by atoms with E-state index in [-0.39, 0.29) is 30.9 Å². The van der Waals surface area contributed by atoms with Gasteiger partial charge in [-0.15, -0.1) is 12.4 Å². The van der Waals surface area contributed by atoms with Crippen LogP contribution in [0.2, 0.25) is 0 Å². The molecule has 114 valence electrons. The lowest BCUT2D eigenvalue weighted by Crippen LogP contribution is -2.45. The van der Waals surface area contributed by atoms with Gasteiger partial charge in [-0.25, -0.2) is 4.39 Å². The van der Waals surface area contributed by atoms with Crippen molar-refractivity contribution in [1.29, 1.82) is 0 Å². The topological polar surface area (TPSA) is 35.5 Å². The van der Waals surface area contributed by atoms with E-state index < -0.39 is 0 Å². The highest BCUT2D eigenvalue weighted by Gasteiger charge is 2.23. The highest BCUT2D eigenvalue weighted by atomic mass is 35.5. The average molecular weight is 303 g/mol. The maximum Gasteiger partial charge on any atom is 0.126 e. The van der Waals surface area contributed by atoms with E-state index in [9.17, 15) is 4.39 Å². The smallest absolute Gasteiger partial charge is 0.126 e. The van der Waals surface area contributed by atoms with Gasteiger partial charge in [-0.2, -0.15) is 0 Å². The Bertz CT molecular complexity index is 411. The van der Waals surface area contributed by atoms with Crippen molar-refractivity contribution in [2.45, 2.75) is 25.8 Å². The molecule has 3 nitrogen and oxygen atoms in total. The second-order valence-electron chi connectivity index (χ2n) is 5.12. The molecule has 1 aliphatic heterocycles. The quantitative estimate of drug-likeness (QED) is 0.876. The van der Waals surface area contributed by atoms with Gasteiger partial charge in [0.25, 0.3) is 0 Å². The van der Waals surface area contributed by atoms with Crippen LogP contribution in [0, 0.1) is 12.7 Å². The van der Waals surface area contributed by atoms with Crippen molar-refractivity contribution >= 4 is 12.4 Å². The zero-order valence-corrected chi connectivity index (χ0v) is 12.8. The first-order valence-corrected chi connectivity index (χ1v) is 7.04. The first-order chi connectivity index (χ1) is 9.24. The molecule has 1 heterocycles. The predicted molar refractivity (Wildman–Crippen MR) is 81.9 cm³/mol. The molecule has 0 amide bonds. The number of hydrogen-bond acceptors (Lipinski definition) is 3. The van der Waals surface area contributed by atoms with E-state index in [0.29, 0.717) is 0 Å². The number of halogens is 2. The van der Waals surface area contributed by atoms with Gasteiger partial charge in [-0.3, -0.25) is 4.90 Å². The lowest BCUT2D eigenvalue weighted by Gasteiger charge is -2.36. The molecule has 0 saturated carbocycles. The Balaban J connectivity index is 0.00000200. The Labute approximate surface area is 126 Å². The third kappa shape index (κ3) is 4.16. The Hall–Kier alpha value is -0.680. The molecule has 0 spiro atoms. The summed E-state index contributed by atoms with van der Waals surface area (Å²) in [6.45, 7) is 5.95. The molecular weight excluding hydrogens is 279 g/mol. The van der Waals surface area contributed by atoms with Crippen molar-refractivity contribution < 1.29 is 9.50 Å². The van der Waals surface area contributed by atoms with Gasteiger partial charge >= 0.3 is 0 Å². The number of aliphatic hydroxyl groups excluding tert-OH is 1. The second kappa shape index (κ2) is 8.57. The summed E-state index contributed by atoms with van der Waals surface area (Å²) in [5.74, 6) is -0.137. The number of benzene rings is 1. The van der Waals surface area contributed by atoms with Crippen molar-refractivity contribution in [3.63, 3.8) is 0 Å². The summed E-state index contributed by atoms with van der Waals surface area (Å²) in [4.78, 5) is 2.40. The SMILES string of the molecule is Cc1c(F)cccc1[C@@H](CCCO)N1CCNCC1.Cl. The van der Waals surface area contributed by atoms with E-state index in [1.165, 1.54) is 6.07 Å². The van der Waals surface area contributed by atoms with Gasteiger partial charge in [0.05, 0.1) is 0 Å². The third-order valence-electron chi connectivity index (χ3n) is 3.90. The molecule has 1 aromatic carbocycles. The molecule has 20 heavy (non-hydrogen) atoms. The molecule has 2 rings (SSSR count). The van der Waals surface area contributed by atoms with Crippen LogP contribution in [0.3, 0.4) is 0 Å². The number of hydrogen-bond donors (Lipinski definition) is 2. The van der Waals surface area contributed by atoms with E-state index >= 15 is 0 Å². The lowest BCUT2D eigenvalue weighted by atomic mass is 9.95. The van der Waals surface area contributed by atoms with Crippen molar-refractivity contribution in [1.82, 2.24) is 10.2 Å². The molecule has 1 saturated heterocycles. The monoisotopic (exact) mass is 302 g/mol. The van der Waals surface area contributed by atoms with Crippen LogP contribution < -0.4 is 5.32 Å². The molecule has 1 aromatic rings. The Morgan fingerprint density at radius 1 is 1.35 bits per heavy atom. The van der Waals surface area contributed by atoms with Crippen LogP contribution in [0.4, 0.5) is 4.39 Å². The standard InChI is InChI=1S/C15H23FN2O.ClH/c1-12-13(4-2-5-14(12)16)15(6-3-11-19)18-9-7-17-8-10-18;/h2,4-5,15,17,19H,3,6-11H2,1H3;1H/t15-;/m1./s1. The van der Waals surface area contributed by atoms with Gasteiger partial charge in [0.1, 0.15) is 5.82 Å². The Morgan fingerprint density at radius 3 is 2.70 bits per heavy atom. The largest absolute Gasteiger partial charge is 0.396 e. The molecule has 5 heteroatoms. The lowest BCUT2D eigenvalue weighted by molar-refractivity contribution is 0.154. The molecule has 0 bridgehead atoms. The van der Waals surface area contributed by atoms with Crippen molar-refractivity contribution in [2.24, 2.45) is 0 Å². The van der Waals surface area contributed by atoms with Crippen LogP contribution >= 0.6 is 12.4 Å². The first-order valence-electron chi connectivity index (χ1n) is 7.04. The summed E-state index contributed by atoms with van der Waals surface area (Å²) in [6.07, 6.45) is 1.63. The summed E-state index contributed by atoms with van der Waals surface area (Å²) < 4.78 is 13.7. The number of nitrogens with zero attached hydrogens (tertiary/aromatic N) is 1. The zero-order valence-electron chi connectivity index (χ0n) is 11.9. The van der Waals surface area contributed by atoms with Crippen molar-refractivity contribution in [3.8, 4) is 0 Å². The fourth-order valence-electron chi connectivity index (χ4n) is 2.80. The van der Waals surface area contributed by atoms with Crippen LogP contribution in [0.5, 0.6) is 0 Å². The van der Waals surface area contributed by atoms with E-state index in [4.69, 9.17) is 5.11 Å². The van der Waals surface area contributed by atoms with Gasteiger partial charge in [-0.05, 0) is 37.0 Å². The molecule has 0 aliphatic carbocycles. The van der Waals surface area contributed by atoms with Crippen LogP contribution in [0.25, 0.3) is 0 Å². The summed E-state index contributed by atoms with van der Waals surface area (Å²) >= 11 is 0. The molecule has 1 aliphatic rings. The number of nitrogens with one attached hydrogen (secondary N) is 1. The molecule has 0 unspecified atom stereocenters. The van der Waals surface area contributed by atoms with E-state index in [0.717, 1.165) is 50.1 Å². The number of piperazine rings is 1. The summed E-state index contributed by atoms with van der Waals surface area (Å²) in [6, 6.07) is 5.53. The summed E-state index contributed by atoms with van der Waals surface area (Å²) in [7, 11) is 0. The zero-order chi connectivity index (χ0) is 13.7. The van der Waals surface area contributed by atoms with Gasteiger partial charge in [0.2, 0.25) is 0 Å². The van der Waals surface area contributed by atoms with Crippen LogP contribution in [-0.2, 0) is 0 Å². The Morgan fingerprint density at radius 2 is 2.05 bits per heavy atom. The number of rotatable bonds is 5. The van der Waals surface area contributed by atoms with Gasteiger partial charge < -0.3 is 10.4 Å². The first kappa shape index (κ1) is 17.4. The summed E-state index contributed by atoms with van der Waals surface area (Å²) in [5.41, 5.74) is 1.80. The molecule has 2 N–H and O–H groups in total. The summed E-state index contributed by atoms with van der Waals surface area (Å²) in [5, 5.41) is 12.4. The molecule has 1 atom stereocenters. The molecule has 0 aromatic heterocycles. The Kier molecular flexibility index (Phi) is 7.45. The van der Waals surface area contributed by atoms with E-state index in [2.05, 4.69) is 10.2 Å². The van der Waals surface area contributed by atoms with Crippen molar-refractivity contribution in [2.75, 3.05) is 32.8 Å². The van der Waals surface area contributed by atoms with Gasteiger partial charge in [0.15, 0.2) is 0 Å². The normalized spacial score (nSPS) is 17.6. The third-order valence-corrected chi connectivity index (χ3v) is 3.90. The van der Waals surface area contributed by atoms with E-state index in [1.54, 1.807) is 6.07 Å². The highest BCUT2D eigenvalue weighted by molar-refractivity contribution is 5.85. The fraction of sp³-hybridized carbons (Fsp3) is 0.600. The van der Waals surface area contributed by atoms with Crippen LogP contribution in [0.1, 0.15) is 30.0 Å². The number of aliphatic hydroxyl groups is 1. The molecular formula is C15H24ClFN2O. The predicted octanol–water partition coefficient (Wildman–Crippen LogP) is 2.27. The highest BCUT2D eigenvalue weighted by Crippen LogP contribution is 2.29. The fourth-order valence-corrected chi connectivity index (χ4v) is 2.80. The van der Waals surface area contributed by atoms with Crippen LogP contribution in [0.15, 0.2) is 18.2 Å². The van der Waals surface area contributed by atoms with Gasteiger partial charge in [0, 0.05) is 38.8 Å². The maximum absolute atomic E-state index is 13.7. The molecule has 1 fully saturated rings. The van der Waals surface area contributed by atoms with Crippen molar-refractivity contribution in [3.05, 3.63) is 35.1 Å². The maximum atomic E-state index is 13.7. The second-order valence-corrected chi connectivity index (χ2v) is 5.12.